The van der Waals surface area contributed by atoms with Crippen LogP contribution in [-0.2, 0) is 24.7 Å². The quantitative estimate of drug-likeness (QED) is 0.774. The lowest BCUT2D eigenvalue weighted by molar-refractivity contribution is -0.122. The Morgan fingerprint density at radius 1 is 1.44 bits per heavy atom. The van der Waals surface area contributed by atoms with E-state index in [4.69, 9.17) is 4.98 Å². The second-order valence-corrected chi connectivity index (χ2v) is 8.19. The molecule has 6 nitrogen and oxygen atoms in total. The normalized spacial score (nSPS) is 21.4. The molecule has 2 aromatic rings. The molecule has 1 amide bonds. The highest BCUT2D eigenvalue weighted by Gasteiger charge is 2.38. The summed E-state index contributed by atoms with van der Waals surface area (Å²) in [5, 5.41) is 8.49. The number of rotatable bonds is 5. The molecular weight excluding hydrogens is 382 g/mol. The molecule has 0 aromatic carbocycles. The lowest BCUT2D eigenvalue weighted by atomic mass is 9.90. The summed E-state index contributed by atoms with van der Waals surface area (Å²) in [5.41, 5.74) is 2.30. The number of anilines is 1. The van der Waals surface area contributed by atoms with Gasteiger partial charge in [0.2, 0.25) is 5.91 Å². The van der Waals surface area contributed by atoms with E-state index in [1.54, 1.807) is 22.1 Å². The highest BCUT2D eigenvalue weighted by Crippen LogP contribution is 2.35. The summed E-state index contributed by atoms with van der Waals surface area (Å²) < 4.78 is 1.80. The van der Waals surface area contributed by atoms with Gasteiger partial charge in [0.25, 0.3) is 0 Å². The van der Waals surface area contributed by atoms with E-state index in [0.29, 0.717) is 13.1 Å². The van der Waals surface area contributed by atoms with Crippen LogP contribution >= 0.6 is 23.7 Å². The molecular formula is C19H26ClN5OS. The second-order valence-electron chi connectivity index (χ2n) is 7.13. The highest BCUT2D eigenvalue weighted by atomic mass is 35.5. The summed E-state index contributed by atoms with van der Waals surface area (Å²) >= 11 is 1.68. The summed E-state index contributed by atoms with van der Waals surface area (Å²) in [6.45, 7) is 5.85. The number of hydrogen-bond acceptors (Lipinski definition) is 5. The van der Waals surface area contributed by atoms with Gasteiger partial charge >= 0.3 is 0 Å². The number of carbonyl (C=O) groups is 1. The van der Waals surface area contributed by atoms with Gasteiger partial charge < -0.3 is 5.32 Å². The van der Waals surface area contributed by atoms with Crippen LogP contribution in [0, 0.1) is 5.92 Å². The van der Waals surface area contributed by atoms with E-state index in [0.717, 1.165) is 30.1 Å². The van der Waals surface area contributed by atoms with Crippen LogP contribution in [0.15, 0.2) is 25.0 Å². The predicted molar refractivity (Wildman–Crippen MR) is 111 cm³/mol. The summed E-state index contributed by atoms with van der Waals surface area (Å²) in [4.78, 5) is 21.4. The molecule has 0 bridgehead atoms. The van der Waals surface area contributed by atoms with Gasteiger partial charge in [-0.1, -0.05) is 6.08 Å². The summed E-state index contributed by atoms with van der Waals surface area (Å²) in [5.74, 6) is 0.188. The van der Waals surface area contributed by atoms with Crippen LogP contribution < -0.4 is 10.2 Å². The molecule has 0 radical (unpaired) electrons. The third-order valence-corrected chi connectivity index (χ3v) is 6.51. The minimum Gasteiger partial charge on any atom is -0.315 e. The first-order chi connectivity index (χ1) is 12.7. The molecule has 0 spiro atoms. The van der Waals surface area contributed by atoms with E-state index < -0.39 is 0 Å². The molecule has 1 aliphatic carbocycles. The number of fused-ring (bicyclic) bond motifs is 1. The SMILES string of the molecule is C=CCN(C(=O)[C@H]1CNC[C@@H]1c1cnn(C)c1)c1nc2c(s1)CCCC2.Cl. The van der Waals surface area contributed by atoms with E-state index in [1.807, 2.05) is 24.3 Å². The second kappa shape index (κ2) is 8.54. The molecule has 27 heavy (non-hydrogen) atoms. The number of aryl methyl sites for hydroxylation is 3. The van der Waals surface area contributed by atoms with Crippen molar-refractivity contribution in [2.24, 2.45) is 13.0 Å². The van der Waals surface area contributed by atoms with E-state index >= 15 is 0 Å². The average molecular weight is 408 g/mol. The highest BCUT2D eigenvalue weighted by molar-refractivity contribution is 7.16. The fraction of sp³-hybridized carbons (Fsp3) is 0.526. The molecule has 1 fully saturated rings. The van der Waals surface area contributed by atoms with Crippen LogP contribution in [0.3, 0.4) is 0 Å². The first kappa shape index (κ1) is 20.0. The molecule has 1 aliphatic heterocycles. The van der Waals surface area contributed by atoms with Gasteiger partial charge in [0, 0.05) is 43.7 Å². The Kier molecular flexibility index (Phi) is 6.34. The number of nitrogens with one attached hydrogen (secondary N) is 1. The van der Waals surface area contributed by atoms with Crippen molar-refractivity contribution in [1.82, 2.24) is 20.1 Å². The van der Waals surface area contributed by atoms with Gasteiger partial charge in [-0.2, -0.15) is 5.10 Å². The number of thiazole rings is 1. The Labute approximate surface area is 170 Å². The minimum absolute atomic E-state index is 0. The first-order valence-corrected chi connectivity index (χ1v) is 10.1. The zero-order valence-corrected chi connectivity index (χ0v) is 17.2. The lowest BCUT2D eigenvalue weighted by Gasteiger charge is -2.24. The van der Waals surface area contributed by atoms with Gasteiger partial charge in [0.1, 0.15) is 0 Å². The average Bonchev–Trinajstić information content (AvgIpc) is 3.37. The maximum Gasteiger partial charge on any atom is 0.234 e. The number of carbonyl (C=O) groups excluding carboxylic acids is 1. The van der Waals surface area contributed by atoms with Crippen LogP contribution in [0.1, 0.15) is 34.9 Å². The Bertz CT molecular complexity index is 793. The van der Waals surface area contributed by atoms with Crippen molar-refractivity contribution in [3.05, 3.63) is 41.2 Å². The molecule has 0 unspecified atom stereocenters. The van der Waals surface area contributed by atoms with Gasteiger partial charge in [-0.15, -0.1) is 30.3 Å². The monoisotopic (exact) mass is 407 g/mol. The van der Waals surface area contributed by atoms with E-state index in [9.17, 15) is 4.79 Å². The van der Waals surface area contributed by atoms with Crippen molar-refractivity contribution in [2.75, 3.05) is 24.5 Å². The van der Waals surface area contributed by atoms with Gasteiger partial charge in [0.15, 0.2) is 5.13 Å². The minimum atomic E-state index is -0.0971. The Hall–Kier alpha value is -1.70. The van der Waals surface area contributed by atoms with Crippen LogP contribution in [0.2, 0.25) is 0 Å². The van der Waals surface area contributed by atoms with Crippen molar-refractivity contribution < 1.29 is 4.79 Å². The Morgan fingerprint density at radius 2 is 2.26 bits per heavy atom. The Morgan fingerprint density at radius 3 is 2.96 bits per heavy atom. The molecule has 1 saturated heterocycles. The number of hydrogen-bond donors (Lipinski definition) is 1. The zero-order valence-electron chi connectivity index (χ0n) is 15.6. The third kappa shape index (κ3) is 3.95. The van der Waals surface area contributed by atoms with Crippen LogP contribution in [0.25, 0.3) is 0 Å². The van der Waals surface area contributed by atoms with Crippen molar-refractivity contribution in [3.63, 3.8) is 0 Å². The molecule has 0 saturated carbocycles. The van der Waals surface area contributed by atoms with Crippen molar-refractivity contribution in [1.29, 1.82) is 0 Å². The summed E-state index contributed by atoms with van der Waals surface area (Å²) in [6, 6.07) is 0. The number of halogens is 1. The van der Waals surface area contributed by atoms with Crippen molar-refractivity contribution in [3.8, 4) is 0 Å². The Balaban J connectivity index is 0.00000210. The molecule has 1 N–H and O–H groups in total. The van der Waals surface area contributed by atoms with Gasteiger partial charge in [-0.05, 0) is 31.2 Å². The first-order valence-electron chi connectivity index (χ1n) is 9.27. The topological polar surface area (TPSA) is 63.1 Å². The molecule has 2 aromatic heterocycles. The van der Waals surface area contributed by atoms with Gasteiger partial charge in [0.05, 0.1) is 17.8 Å². The molecule has 4 rings (SSSR count). The molecule has 3 heterocycles. The predicted octanol–water partition coefficient (Wildman–Crippen LogP) is 2.70. The number of aromatic nitrogens is 3. The van der Waals surface area contributed by atoms with Gasteiger partial charge in [-0.3, -0.25) is 14.4 Å². The van der Waals surface area contributed by atoms with Crippen LogP contribution in [0.5, 0.6) is 0 Å². The van der Waals surface area contributed by atoms with Crippen LogP contribution in [-0.4, -0.2) is 40.3 Å². The summed E-state index contributed by atoms with van der Waals surface area (Å²) in [6.07, 6.45) is 10.2. The standard InChI is InChI=1S/C19H25N5OS.ClH/c1-3-8-24(19-22-16-6-4-5-7-17(16)26-19)18(25)15-11-20-10-14(15)13-9-21-23(2)12-13;/h3,9,12,14-15,20H,1,4-8,10-11H2,2H3;1H/t14-,15+;/m1./s1. The fourth-order valence-corrected chi connectivity index (χ4v) is 5.13. The lowest BCUT2D eigenvalue weighted by Crippen LogP contribution is -2.39. The molecule has 146 valence electrons. The van der Waals surface area contributed by atoms with Crippen molar-refractivity contribution in [2.45, 2.75) is 31.6 Å². The largest absolute Gasteiger partial charge is 0.315 e. The van der Waals surface area contributed by atoms with E-state index in [1.165, 1.54) is 23.4 Å². The number of amides is 1. The van der Waals surface area contributed by atoms with E-state index in [-0.39, 0.29) is 30.2 Å². The van der Waals surface area contributed by atoms with Gasteiger partial charge in [-0.25, -0.2) is 4.98 Å². The smallest absolute Gasteiger partial charge is 0.234 e. The number of nitrogens with zero attached hydrogens (tertiary/aromatic N) is 4. The molecule has 8 heteroatoms. The maximum atomic E-state index is 13.4. The molecule has 2 aliphatic rings. The third-order valence-electron chi connectivity index (χ3n) is 5.33. The maximum absolute atomic E-state index is 13.4. The summed E-state index contributed by atoms with van der Waals surface area (Å²) in [7, 11) is 1.91. The fourth-order valence-electron chi connectivity index (χ4n) is 3.97. The molecule has 2 atom stereocenters. The zero-order chi connectivity index (χ0) is 18.1. The van der Waals surface area contributed by atoms with Crippen LogP contribution in [0.4, 0.5) is 5.13 Å². The van der Waals surface area contributed by atoms with E-state index in [2.05, 4.69) is 17.0 Å². The van der Waals surface area contributed by atoms with Crippen molar-refractivity contribution >= 4 is 34.8 Å².